The Balaban J connectivity index is 2.00. The predicted octanol–water partition coefficient (Wildman–Crippen LogP) is 2.96. The first kappa shape index (κ1) is 16.6. The van der Waals surface area contributed by atoms with E-state index in [1.807, 2.05) is 0 Å². The number of alkyl halides is 3. The monoisotopic (exact) mass is 317 g/mol. The number of carbonyl (C=O) groups excluding carboxylic acids is 1. The number of likely N-dealkylation sites (tertiary alicyclic amines) is 1. The van der Waals surface area contributed by atoms with Crippen LogP contribution in [0.4, 0.5) is 18.0 Å². The summed E-state index contributed by atoms with van der Waals surface area (Å²) in [6.07, 6.45) is -5.45. The minimum Gasteiger partial charge on any atom is -0.445 e. The molecule has 2 atom stereocenters. The number of ether oxygens (including phenoxy) is 1. The topological polar surface area (TPSA) is 49.8 Å². The second-order valence-corrected chi connectivity index (χ2v) is 5.36. The third-order valence-corrected chi connectivity index (χ3v) is 3.79. The summed E-state index contributed by atoms with van der Waals surface area (Å²) in [7, 11) is 0. The van der Waals surface area contributed by atoms with Gasteiger partial charge in [0.15, 0.2) is 0 Å². The first-order chi connectivity index (χ1) is 10.4. The van der Waals surface area contributed by atoms with Crippen LogP contribution in [0, 0.1) is 5.92 Å². The van der Waals surface area contributed by atoms with Crippen LogP contribution in [0.15, 0.2) is 30.3 Å². The molecule has 1 aliphatic heterocycles. The molecule has 2 rings (SSSR count). The number of halogens is 3. The molecule has 1 aromatic carbocycles. The average molecular weight is 317 g/mol. The van der Waals surface area contributed by atoms with Gasteiger partial charge in [0, 0.05) is 13.2 Å². The highest BCUT2D eigenvalue weighted by molar-refractivity contribution is 5.68. The van der Waals surface area contributed by atoms with Crippen molar-refractivity contribution in [1.82, 2.24) is 4.90 Å². The van der Waals surface area contributed by atoms with Gasteiger partial charge in [0.05, 0.1) is 0 Å². The molecule has 0 unspecified atom stereocenters. The van der Waals surface area contributed by atoms with Gasteiger partial charge in [-0.3, -0.25) is 4.90 Å². The van der Waals surface area contributed by atoms with Crippen molar-refractivity contribution in [3.05, 3.63) is 35.9 Å². The van der Waals surface area contributed by atoms with Gasteiger partial charge in [0.1, 0.15) is 12.6 Å². The highest BCUT2D eigenvalue weighted by atomic mass is 19.4. The largest absolute Gasteiger partial charge is 0.445 e. The molecule has 1 heterocycles. The van der Waals surface area contributed by atoms with E-state index in [0.29, 0.717) is 12.0 Å². The number of hydrogen-bond acceptors (Lipinski definition) is 3. The fourth-order valence-corrected chi connectivity index (χ4v) is 2.54. The maximum absolute atomic E-state index is 13.1. The van der Waals surface area contributed by atoms with Crippen molar-refractivity contribution >= 4 is 6.09 Å². The van der Waals surface area contributed by atoms with E-state index >= 15 is 0 Å². The Morgan fingerprint density at radius 2 is 2.00 bits per heavy atom. The Kier molecular flexibility index (Phi) is 5.28. The fraction of sp³-hybridized carbons (Fsp3) is 0.533. The van der Waals surface area contributed by atoms with Crippen LogP contribution in [0.1, 0.15) is 18.4 Å². The number of hydrogen-bond donors (Lipinski definition) is 1. The van der Waals surface area contributed by atoms with Crippen LogP contribution >= 0.6 is 0 Å². The fourth-order valence-electron chi connectivity index (χ4n) is 2.54. The SMILES string of the molecule is O=C(OCc1ccccc1)N1CC[C@H](CO)C[C@@H]1C(F)(F)F. The molecule has 1 fully saturated rings. The van der Waals surface area contributed by atoms with E-state index in [9.17, 15) is 18.0 Å². The molecule has 0 aliphatic carbocycles. The second kappa shape index (κ2) is 7.00. The number of aliphatic hydroxyl groups excluding tert-OH is 1. The van der Waals surface area contributed by atoms with E-state index in [1.54, 1.807) is 30.3 Å². The Morgan fingerprint density at radius 1 is 1.32 bits per heavy atom. The van der Waals surface area contributed by atoms with Crippen LogP contribution in [0.25, 0.3) is 0 Å². The molecule has 0 bridgehead atoms. The van der Waals surface area contributed by atoms with Crippen LogP contribution in [0.3, 0.4) is 0 Å². The molecule has 1 aliphatic rings. The zero-order chi connectivity index (χ0) is 16.2. The van der Waals surface area contributed by atoms with Gasteiger partial charge in [0.2, 0.25) is 0 Å². The normalized spacial score (nSPS) is 22.5. The minimum absolute atomic E-state index is 0.0653. The average Bonchev–Trinajstić information content (AvgIpc) is 2.52. The van der Waals surface area contributed by atoms with Crippen LogP contribution < -0.4 is 0 Å². The van der Waals surface area contributed by atoms with Crippen molar-refractivity contribution in [2.24, 2.45) is 5.92 Å². The lowest BCUT2D eigenvalue weighted by Crippen LogP contribution is -2.53. The standard InChI is InChI=1S/C15H18F3NO3/c16-15(17,18)13-8-12(9-20)6-7-19(13)14(21)22-10-11-4-2-1-3-5-11/h1-5,12-13,20H,6-10H2/t12-,13+/m0/s1. The van der Waals surface area contributed by atoms with E-state index in [4.69, 9.17) is 9.84 Å². The first-order valence-corrected chi connectivity index (χ1v) is 7.06. The van der Waals surface area contributed by atoms with Gasteiger partial charge in [-0.25, -0.2) is 4.79 Å². The third-order valence-electron chi connectivity index (χ3n) is 3.79. The van der Waals surface area contributed by atoms with Crippen molar-refractivity contribution in [2.45, 2.75) is 31.7 Å². The molecule has 122 valence electrons. The Hall–Kier alpha value is -1.76. The van der Waals surface area contributed by atoms with E-state index < -0.39 is 24.2 Å². The summed E-state index contributed by atoms with van der Waals surface area (Å²) in [6, 6.07) is 6.87. The van der Waals surface area contributed by atoms with Gasteiger partial charge in [0.25, 0.3) is 0 Å². The Morgan fingerprint density at radius 3 is 2.59 bits per heavy atom. The maximum Gasteiger partial charge on any atom is 0.410 e. The van der Waals surface area contributed by atoms with Gasteiger partial charge in [-0.2, -0.15) is 13.2 Å². The molecular formula is C15H18F3NO3. The number of aliphatic hydroxyl groups is 1. The Bertz CT molecular complexity index is 493. The maximum atomic E-state index is 13.1. The lowest BCUT2D eigenvalue weighted by atomic mass is 9.91. The van der Waals surface area contributed by atoms with Crippen molar-refractivity contribution in [3.63, 3.8) is 0 Å². The number of piperidine rings is 1. The van der Waals surface area contributed by atoms with Crippen LogP contribution in [0.5, 0.6) is 0 Å². The highest BCUT2D eigenvalue weighted by Crippen LogP contribution is 2.34. The van der Waals surface area contributed by atoms with E-state index in [0.717, 1.165) is 4.90 Å². The van der Waals surface area contributed by atoms with Crippen LogP contribution in [-0.2, 0) is 11.3 Å². The summed E-state index contributed by atoms with van der Waals surface area (Å²) in [5, 5.41) is 9.05. The predicted molar refractivity (Wildman–Crippen MR) is 73.0 cm³/mol. The smallest absolute Gasteiger partial charge is 0.410 e. The van der Waals surface area contributed by atoms with E-state index in [2.05, 4.69) is 0 Å². The molecule has 0 aromatic heterocycles. The summed E-state index contributed by atoms with van der Waals surface area (Å²) in [6.45, 7) is -0.438. The number of rotatable bonds is 3. The zero-order valence-corrected chi connectivity index (χ0v) is 11.9. The quantitative estimate of drug-likeness (QED) is 0.932. The Labute approximate surface area is 126 Å². The van der Waals surface area contributed by atoms with Gasteiger partial charge in [-0.05, 0) is 24.3 Å². The first-order valence-electron chi connectivity index (χ1n) is 7.06. The summed E-state index contributed by atoms with van der Waals surface area (Å²) in [4.78, 5) is 12.7. The van der Waals surface area contributed by atoms with E-state index in [-0.39, 0.29) is 26.2 Å². The molecule has 1 N–H and O–H groups in total. The molecule has 0 spiro atoms. The van der Waals surface area contributed by atoms with E-state index in [1.165, 1.54) is 0 Å². The van der Waals surface area contributed by atoms with Crippen molar-refractivity contribution in [1.29, 1.82) is 0 Å². The lowest BCUT2D eigenvalue weighted by Gasteiger charge is -2.38. The number of amides is 1. The van der Waals surface area contributed by atoms with Gasteiger partial charge in [-0.1, -0.05) is 30.3 Å². The molecule has 1 amide bonds. The second-order valence-electron chi connectivity index (χ2n) is 5.36. The van der Waals surface area contributed by atoms with Gasteiger partial charge < -0.3 is 9.84 Å². The van der Waals surface area contributed by atoms with Gasteiger partial charge in [-0.15, -0.1) is 0 Å². The molecule has 0 radical (unpaired) electrons. The molecule has 7 heteroatoms. The van der Waals surface area contributed by atoms with Crippen molar-refractivity contribution in [3.8, 4) is 0 Å². The number of benzene rings is 1. The van der Waals surface area contributed by atoms with Crippen LogP contribution in [0.2, 0.25) is 0 Å². The summed E-state index contributed by atoms with van der Waals surface area (Å²) in [5.74, 6) is -0.440. The molecule has 22 heavy (non-hydrogen) atoms. The lowest BCUT2D eigenvalue weighted by molar-refractivity contribution is -0.191. The van der Waals surface area contributed by atoms with Gasteiger partial charge >= 0.3 is 12.3 Å². The summed E-state index contributed by atoms with van der Waals surface area (Å²) >= 11 is 0. The third kappa shape index (κ3) is 4.13. The zero-order valence-electron chi connectivity index (χ0n) is 11.9. The summed E-state index contributed by atoms with van der Waals surface area (Å²) < 4.78 is 44.3. The molecule has 1 aromatic rings. The minimum atomic E-state index is -4.53. The summed E-state index contributed by atoms with van der Waals surface area (Å²) in [5.41, 5.74) is 0.713. The van der Waals surface area contributed by atoms with Crippen molar-refractivity contribution in [2.75, 3.05) is 13.2 Å². The molecule has 0 saturated carbocycles. The van der Waals surface area contributed by atoms with Crippen molar-refractivity contribution < 1.29 is 27.8 Å². The highest BCUT2D eigenvalue weighted by Gasteiger charge is 2.48. The molecular weight excluding hydrogens is 299 g/mol. The van der Waals surface area contributed by atoms with Crippen LogP contribution in [-0.4, -0.2) is 41.5 Å². The molecule has 4 nitrogen and oxygen atoms in total. The number of nitrogens with zero attached hydrogens (tertiary/aromatic N) is 1. The molecule has 1 saturated heterocycles. The number of carbonyl (C=O) groups is 1.